The predicted molar refractivity (Wildman–Crippen MR) is 108 cm³/mol. The number of hydrogen-bond donors (Lipinski definition) is 9. The number of nitrogens with zero attached hydrogens (tertiary/aromatic N) is 1. The van der Waals surface area contributed by atoms with E-state index < -0.39 is 66.4 Å². The number of carbonyl (C=O) groups is 2. The number of nitrogens with two attached hydrogens (primary N) is 1. The standard InChI is InChI=1S/C17H33N5O11/c1-17(2,3)33-16(28)20-8(5-4-6-19-15(18)21-22(29)30)13(26)31-7-9-10(23)11(24)12(25)14(27)32-9/h8-12,14,22-25,27,29H,4-7H2,1-3H3,(H,20,28)(H3,18,19,21)/t8-,9-,10+,11+,12+,14+/m1/s1. The third-order valence-corrected chi connectivity index (χ3v) is 4.22. The van der Waals surface area contributed by atoms with Gasteiger partial charge in [-0.3, -0.25) is 0 Å². The summed E-state index contributed by atoms with van der Waals surface area (Å²) in [5.41, 5.74) is 6.37. The molecule has 0 saturated carbocycles. The second kappa shape index (κ2) is 12.8. The van der Waals surface area contributed by atoms with Crippen molar-refractivity contribution < 1.29 is 54.8 Å². The minimum Gasteiger partial charge on any atom is -0.574 e. The van der Waals surface area contributed by atoms with E-state index in [2.05, 4.69) is 10.3 Å². The minimum absolute atomic E-state index is 0.0000307. The van der Waals surface area contributed by atoms with Gasteiger partial charge in [-0.1, -0.05) is 0 Å². The van der Waals surface area contributed by atoms with E-state index in [1.54, 1.807) is 20.8 Å². The van der Waals surface area contributed by atoms with Crippen LogP contribution >= 0.6 is 0 Å². The fraction of sp³-hybridized carbons (Fsp3) is 0.824. The zero-order chi connectivity index (χ0) is 25.3. The van der Waals surface area contributed by atoms with Gasteiger partial charge in [0.25, 0.3) is 0 Å². The van der Waals surface area contributed by atoms with Crippen LogP contribution in [0.2, 0.25) is 0 Å². The van der Waals surface area contributed by atoms with E-state index in [0.29, 0.717) is 0 Å². The number of hydrogen-bond acceptors (Lipinski definition) is 12. The van der Waals surface area contributed by atoms with E-state index in [-0.39, 0.29) is 25.3 Å². The van der Waals surface area contributed by atoms with Crippen molar-refractivity contribution in [3.63, 3.8) is 0 Å². The quantitative estimate of drug-likeness (QED) is 0.0494. The molecule has 0 radical (unpaired) electrons. The average Bonchev–Trinajstić information content (AvgIpc) is 2.68. The van der Waals surface area contributed by atoms with Gasteiger partial charge in [-0.15, -0.1) is 5.34 Å². The van der Waals surface area contributed by atoms with Gasteiger partial charge in [0.2, 0.25) is 5.96 Å². The van der Waals surface area contributed by atoms with Gasteiger partial charge in [0.1, 0.15) is 42.7 Å². The van der Waals surface area contributed by atoms with Crippen LogP contribution in [0, 0.1) is 5.21 Å². The molecule has 0 spiro atoms. The molecule has 1 amide bonds. The fourth-order valence-corrected chi connectivity index (χ4v) is 2.68. The Morgan fingerprint density at radius 3 is 2.42 bits per heavy atom. The minimum atomic E-state index is -1.80. The van der Waals surface area contributed by atoms with Crippen molar-refractivity contribution in [2.24, 2.45) is 10.7 Å². The molecule has 0 aromatic rings. The highest BCUT2D eigenvalue weighted by atomic mass is 16.8. The topological polar surface area (TPSA) is 253 Å². The first-order valence-electron chi connectivity index (χ1n) is 10.0. The number of aliphatic hydroxyl groups is 4. The average molecular weight is 483 g/mol. The number of carbonyl (C=O) groups excluding carboxylic acids is 2. The lowest BCUT2D eigenvalue weighted by molar-refractivity contribution is -1.08. The number of esters is 1. The Hall–Kier alpha value is -2.31. The number of alkyl carbamates (subject to hydrolysis) is 1. The molecule has 0 bridgehead atoms. The van der Waals surface area contributed by atoms with Gasteiger partial charge < -0.3 is 50.9 Å². The molecular weight excluding hydrogens is 450 g/mol. The zero-order valence-electron chi connectivity index (χ0n) is 18.5. The van der Waals surface area contributed by atoms with Crippen molar-refractivity contribution in [2.45, 2.75) is 76.0 Å². The molecule has 16 nitrogen and oxygen atoms in total. The fourth-order valence-electron chi connectivity index (χ4n) is 2.68. The number of ether oxygens (including phenoxy) is 3. The molecular formula is C17H33N5O11. The normalized spacial score (nSPS) is 27.9. The number of rotatable bonds is 9. The largest absolute Gasteiger partial charge is 0.574 e. The molecule has 192 valence electrons. The molecule has 16 heteroatoms. The molecule has 0 aliphatic carbocycles. The second-order valence-electron chi connectivity index (χ2n) is 8.21. The lowest BCUT2D eigenvalue weighted by atomic mass is 9.99. The van der Waals surface area contributed by atoms with Crippen LogP contribution < -0.4 is 21.8 Å². The molecule has 7 atom stereocenters. The molecule has 1 heterocycles. The van der Waals surface area contributed by atoms with Crippen LogP contribution in [0.1, 0.15) is 33.6 Å². The predicted octanol–water partition coefficient (Wildman–Crippen LogP) is -4.41. The molecule has 0 aromatic heterocycles. The summed E-state index contributed by atoms with van der Waals surface area (Å²) in [6, 6.07) is -1.22. The van der Waals surface area contributed by atoms with Gasteiger partial charge in [-0.2, -0.15) is 10.6 Å². The van der Waals surface area contributed by atoms with Gasteiger partial charge >= 0.3 is 12.1 Å². The van der Waals surface area contributed by atoms with Crippen LogP contribution in [-0.4, -0.2) is 99.2 Å². The Labute approximate surface area is 189 Å². The lowest BCUT2D eigenvalue weighted by Gasteiger charge is -2.38. The van der Waals surface area contributed by atoms with Crippen molar-refractivity contribution in [1.82, 2.24) is 10.7 Å². The van der Waals surface area contributed by atoms with Crippen molar-refractivity contribution in [3.8, 4) is 0 Å². The molecule has 1 saturated heterocycles. The molecule has 1 rings (SSSR count). The van der Waals surface area contributed by atoms with Crippen molar-refractivity contribution in [2.75, 3.05) is 13.2 Å². The first-order valence-corrected chi connectivity index (χ1v) is 10.0. The molecule has 1 unspecified atom stereocenters. The molecule has 1 fully saturated rings. The van der Waals surface area contributed by atoms with Crippen LogP contribution in [-0.2, 0) is 19.0 Å². The zero-order valence-corrected chi connectivity index (χ0v) is 18.5. The summed E-state index contributed by atoms with van der Waals surface area (Å²) in [5, 5.41) is 58.7. The monoisotopic (exact) mass is 483 g/mol. The highest BCUT2D eigenvalue weighted by molar-refractivity contribution is 5.81. The molecule has 0 aromatic carbocycles. The third kappa shape index (κ3) is 10.4. The smallest absolute Gasteiger partial charge is 0.408 e. The molecule has 33 heavy (non-hydrogen) atoms. The van der Waals surface area contributed by atoms with Crippen molar-refractivity contribution >= 4 is 18.0 Å². The third-order valence-electron chi connectivity index (χ3n) is 4.22. The van der Waals surface area contributed by atoms with Crippen LogP contribution in [0.4, 0.5) is 4.79 Å². The summed E-state index contributed by atoms with van der Waals surface area (Å²) in [6.45, 7) is 4.30. The molecule has 10 N–H and O–H groups in total. The Balaban J connectivity index is 2.72. The van der Waals surface area contributed by atoms with Gasteiger partial charge in [0.15, 0.2) is 6.29 Å². The Morgan fingerprint density at radius 1 is 1.21 bits per heavy atom. The highest BCUT2D eigenvalue weighted by Crippen LogP contribution is 2.20. The Kier molecular flexibility index (Phi) is 11.1. The summed E-state index contributed by atoms with van der Waals surface area (Å²) in [5.74, 6) is -1.28. The Bertz CT molecular complexity index is 672. The second-order valence-corrected chi connectivity index (χ2v) is 8.21. The first kappa shape index (κ1) is 28.7. The van der Waals surface area contributed by atoms with Gasteiger partial charge in [-0.25, -0.2) is 14.6 Å². The summed E-state index contributed by atoms with van der Waals surface area (Å²) >= 11 is 0. The van der Waals surface area contributed by atoms with E-state index in [0.717, 1.165) is 0 Å². The van der Waals surface area contributed by atoms with E-state index in [1.165, 1.54) is 0 Å². The summed E-state index contributed by atoms with van der Waals surface area (Å²) in [7, 11) is 0. The van der Waals surface area contributed by atoms with E-state index in [1.807, 2.05) is 5.43 Å². The number of quaternary nitrogens is 1. The van der Waals surface area contributed by atoms with Gasteiger partial charge in [0, 0.05) is 6.54 Å². The summed E-state index contributed by atoms with van der Waals surface area (Å²) in [6.07, 6.45) is -8.96. The maximum Gasteiger partial charge on any atom is 0.408 e. The molecule has 1 aliphatic rings. The maximum absolute atomic E-state index is 12.5. The number of aliphatic imine (C=N–C) groups is 1. The van der Waals surface area contributed by atoms with E-state index >= 15 is 0 Å². The Morgan fingerprint density at radius 2 is 1.85 bits per heavy atom. The SMILES string of the molecule is CC(C)(C)OC(=O)N[C@H](CCCN=C(N)N[NH+]([O-])O)C(=O)OC[C@H]1O[C@H](O)[C@@H](O)[C@@H](O)[C@H]1O. The lowest BCUT2D eigenvalue weighted by Crippen LogP contribution is -3.13. The highest BCUT2D eigenvalue weighted by Gasteiger charge is 2.43. The maximum atomic E-state index is 12.5. The van der Waals surface area contributed by atoms with Crippen LogP contribution in [0.25, 0.3) is 0 Å². The van der Waals surface area contributed by atoms with Crippen LogP contribution in [0.15, 0.2) is 4.99 Å². The number of amides is 1. The van der Waals surface area contributed by atoms with E-state index in [9.17, 15) is 35.2 Å². The van der Waals surface area contributed by atoms with Gasteiger partial charge in [-0.05, 0) is 33.6 Å². The van der Waals surface area contributed by atoms with Crippen molar-refractivity contribution in [1.29, 1.82) is 0 Å². The summed E-state index contributed by atoms with van der Waals surface area (Å²) < 4.78 is 15.1. The van der Waals surface area contributed by atoms with Crippen LogP contribution in [0.3, 0.4) is 0 Å². The summed E-state index contributed by atoms with van der Waals surface area (Å²) in [4.78, 5) is 28.4. The van der Waals surface area contributed by atoms with Gasteiger partial charge in [0.05, 0.1) is 0 Å². The number of guanidine groups is 1. The van der Waals surface area contributed by atoms with Crippen molar-refractivity contribution in [3.05, 3.63) is 5.21 Å². The van der Waals surface area contributed by atoms with E-state index in [4.69, 9.17) is 25.2 Å². The number of nitrogens with one attached hydrogen (secondary N) is 3. The number of aliphatic hydroxyl groups excluding tert-OH is 4. The van der Waals surface area contributed by atoms with Crippen LogP contribution in [0.5, 0.6) is 0 Å². The molecule has 1 aliphatic heterocycles. The first-order chi connectivity index (χ1) is 15.2.